The van der Waals surface area contributed by atoms with Gasteiger partial charge in [-0.05, 0) is 17.7 Å². The number of nitrogens with one attached hydrogen (secondary N) is 1. The molecule has 0 spiro atoms. The Labute approximate surface area is 143 Å². The van der Waals surface area contributed by atoms with Gasteiger partial charge in [-0.3, -0.25) is 0 Å². The van der Waals surface area contributed by atoms with Gasteiger partial charge in [0, 0.05) is 32.7 Å². The first-order valence-corrected chi connectivity index (χ1v) is 8.22. The van der Waals surface area contributed by atoms with Crippen LogP contribution in [-0.4, -0.2) is 44.6 Å². The van der Waals surface area contributed by atoms with E-state index in [1.54, 1.807) is 7.41 Å². The van der Waals surface area contributed by atoms with Crippen LogP contribution in [0.4, 0.5) is 17.1 Å². The van der Waals surface area contributed by atoms with Crippen molar-refractivity contribution < 1.29 is 4.79 Å². The van der Waals surface area contributed by atoms with Crippen molar-refractivity contribution in [2.45, 2.75) is 6.54 Å². The maximum absolute atomic E-state index is 10.6. The number of hydrogen-bond donors (Lipinski definition) is 2. The first-order valence-electron chi connectivity index (χ1n) is 8.22. The quantitative estimate of drug-likeness (QED) is 0.483. The van der Waals surface area contributed by atoms with E-state index in [4.69, 9.17) is 5.73 Å². The van der Waals surface area contributed by atoms with Gasteiger partial charge in [-0.2, -0.15) is 0 Å². The average molecular weight is 321 g/mol. The smallest absolute Gasteiger partial charge is 0.293 e. The average Bonchev–Trinajstić information content (AvgIpc) is 2.63. The van der Waals surface area contributed by atoms with Crippen LogP contribution >= 0.6 is 0 Å². The zero-order valence-corrected chi connectivity index (χ0v) is 13.7. The monoisotopic (exact) mass is 321 g/mol. The van der Waals surface area contributed by atoms with Crippen molar-refractivity contribution in [2.75, 3.05) is 42.1 Å². The third-order valence-corrected chi connectivity index (χ3v) is 4.34. The van der Waals surface area contributed by atoms with Crippen LogP contribution in [0.3, 0.4) is 0 Å². The Bertz CT molecular complexity index is 672. The SMILES string of the molecule is Nc1c(NCc2ccccc2)cccc1N1CCN([B]C=O)CC1. The topological polar surface area (TPSA) is 61.6 Å². The molecule has 0 amide bonds. The van der Waals surface area contributed by atoms with Crippen molar-refractivity contribution in [3.05, 3.63) is 54.1 Å². The summed E-state index contributed by atoms with van der Waals surface area (Å²) in [5.74, 6) is 0. The lowest BCUT2D eigenvalue weighted by Gasteiger charge is -2.36. The van der Waals surface area contributed by atoms with Crippen molar-refractivity contribution >= 4 is 30.7 Å². The summed E-state index contributed by atoms with van der Waals surface area (Å²) in [5, 5.41) is 3.42. The maximum atomic E-state index is 10.6. The lowest BCUT2D eigenvalue weighted by atomic mass is 9.93. The van der Waals surface area contributed by atoms with Crippen LogP contribution in [0.5, 0.6) is 0 Å². The molecule has 123 valence electrons. The van der Waals surface area contributed by atoms with Gasteiger partial charge in [0.1, 0.15) is 0 Å². The number of benzene rings is 2. The normalized spacial score (nSPS) is 15.1. The van der Waals surface area contributed by atoms with Crippen molar-refractivity contribution in [1.82, 2.24) is 4.81 Å². The molecular weight excluding hydrogens is 299 g/mol. The van der Waals surface area contributed by atoms with Gasteiger partial charge in [0.25, 0.3) is 7.41 Å². The first kappa shape index (κ1) is 16.4. The standard InChI is InChI=1S/C18H22BN4O/c20-18-16(21-13-15-5-2-1-3-6-15)7-4-8-17(18)22-9-11-23(12-10-22)19-14-24/h1-8,14,21H,9-13,20H2. The molecule has 0 aromatic heterocycles. The predicted molar refractivity (Wildman–Crippen MR) is 101 cm³/mol. The number of hydrogen-bond acceptors (Lipinski definition) is 5. The molecule has 0 bridgehead atoms. The number of piperazine rings is 1. The summed E-state index contributed by atoms with van der Waals surface area (Å²) in [6, 6.07) is 16.4. The van der Waals surface area contributed by atoms with E-state index in [9.17, 15) is 4.79 Å². The fourth-order valence-electron chi connectivity index (χ4n) is 2.97. The molecule has 2 aromatic carbocycles. The minimum atomic E-state index is 0.747. The van der Waals surface area contributed by atoms with Gasteiger partial charge in [-0.15, -0.1) is 0 Å². The molecule has 1 heterocycles. The summed E-state index contributed by atoms with van der Waals surface area (Å²) in [4.78, 5) is 14.9. The molecule has 3 N–H and O–H groups in total. The molecule has 1 fully saturated rings. The van der Waals surface area contributed by atoms with E-state index in [2.05, 4.69) is 28.4 Å². The third kappa shape index (κ3) is 3.89. The molecule has 6 heteroatoms. The number of nitrogens with zero attached hydrogens (tertiary/aromatic N) is 2. The fourth-order valence-corrected chi connectivity index (χ4v) is 2.97. The number of carbonyl (C=O) groups excluding carboxylic acids is 1. The van der Waals surface area contributed by atoms with Crippen LogP contribution in [-0.2, 0) is 11.3 Å². The van der Waals surface area contributed by atoms with Crippen LogP contribution in [0.15, 0.2) is 48.5 Å². The minimum Gasteiger partial charge on any atom is -0.395 e. The molecule has 5 nitrogen and oxygen atoms in total. The van der Waals surface area contributed by atoms with E-state index in [0.717, 1.165) is 56.0 Å². The molecule has 1 saturated heterocycles. The van der Waals surface area contributed by atoms with Crippen LogP contribution in [0.25, 0.3) is 0 Å². The molecule has 2 aromatic rings. The number of nitrogens with two attached hydrogens (primary N) is 1. The molecule has 0 saturated carbocycles. The number of rotatable bonds is 6. The molecular formula is C18H22BN4O. The first-order chi connectivity index (χ1) is 11.8. The zero-order valence-electron chi connectivity index (χ0n) is 13.7. The Kier molecular flexibility index (Phi) is 5.38. The van der Waals surface area contributed by atoms with Crippen molar-refractivity contribution in [2.24, 2.45) is 0 Å². The number of anilines is 3. The highest BCUT2D eigenvalue weighted by molar-refractivity contribution is 6.64. The summed E-state index contributed by atoms with van der Waals surface area (Å²) in [6.07, 6.45) is 0.845. The predicted octanol–water partition coefficient (Wildman–Crippen LogP) is 1.81. The van der Waals surface area contributed by atoms with Crippen LogP contribution < -0.4 is 16.0 Å². The summed E-state index contributed by atoms with van der Waals surface area (Å²) in [6.45, 7) is 4.13. The largest absolute Gasteiger partial charge is 0.395 e. The molecule has 1 radical (unpaired) electrons. The maximum Gasteiger partial charge on any atom is 0.293 e. The molecule has 1 aliphatic heterocycles. The fraction of sp³-hybridized carbons (Fsp3) is 0.278. The van der Waals surface area contributed by atoms with E-state index in [1.807, 2.05) is 35.1 Å². The second-order valence-corrected chi connectivity index (χ2v) is 5.89. The van der Waals surface area contributed by atoms with E-state index in [-0.39, 0.29) is 0 Å². The second kappa shape index (κ2) is 7.88. The number of nitrogen functional groups attached to an aromatic ring is 1. The molecule has 3 rings (SSSR count). The van der Waals surface area contributed by atoms with Crippen molar-refractivity contribution in [3.63, 3.8) is 0 Å². The highest BCUT2D eigenvalue weighted by atomic mass is 16.1. The van der Waals surface area contributed by atoms with E-state index >= 15 is 0 Å². The van der Waals surface area contributed by atoms with Gasteiger partial charge in [-0.1, -0.05) is 36.4 Å². The zero-order chi connectivity index (χ0) is 16.8. The Morgan fingerprint density at radius 2 is 1.79 bits per heavy atom. The molecule has 0 aliphatic carbocycles. The molecule has 1 aliphatic rings. The molecule has 0 unspecified atom stereocenters. The number of para-hydroxylation sites is 1. The van der Waals surface area contributed by atoms with Crippen LogP contribution in [0, 0.1) is 0 Å². The number of carbonyl (C=O) groups is 1. The molecule has 0 atom stereocenters. The van der Waals surface area contributed by atoms with Crippen molar-refractivity contribution in [3.8, 4) is 0 Å². The van der Waals surface area contributed by atoms with Gasteiger partial charge in [0.2, 0.25) is 0 Å². The highest BCUT2D eigenvalue weighted by Crippen LogP contribution is 2.31. The lowest BCUT2D eigenvalue weighted by Crippen LogP contribution is -2.48. The Morgan fingerprint density at radius 3 is 2.50 bits per heavy atom. The van der Waals surface area contributed by atoms with E-state index < -0.39 is 0 Å². The van der Waals surface area contributed by atoms with Gasteiger partial charge < -0.3 is 25.6 Å². The summed E-state index contributed by atoms with van der Waals surface area (Å²) in [7, 11) is 1.61. The van der Waals surface area contributed by atoms with Gasteiger partial charge in [0.05, 0.1) is 23.2 Å². The van der Waals surface area contributed by atoms with Gasteiger partial charge >= 0.3 is 0 Å². The Balaban J connectivity index is 1.66. The summed E-state index contributed by atoms with van der Waals surface area (Å²) >= 11 is 0. The van der Waals surface area contributed by atoms with Crippen LogP contribution in [0.1, 0.15) is 5.56 Å². The Morgan fingerprint density at radius 1 is 1.04 bits per heavy atom. The minimum absolute atomic E-state index is 0.747. The van der Waals surface area contributed by atoms with Gasteiger partial charge in [-0.25, -0.2) is 0 Å². The van der Waals surface area contributed by atoms with Gasteiger partial charge in [0.15, 0.2) is 0 Å². The van der Waals surface area contributed by atoms with Crippen molar-refractivity contribution in [1.29, 1.82) is 0 Å². The Hall–Kier alpha value is -2.47. The highest BCUT2D eigenvalue weighted by Gasteiger charge is 2.19. The second-order valence-electron chi connectivity index (χ2n) is 5.89. The van der Waals surface area contributed by atoms with E-state index in [0.29, 0.717) is 0 Å². The third-order valence-electron chi connectivity index (χ3n) is 4.34. The summed E-state index contributed by atoms with van der Waals surface area (Å²) in [5.41, 5.74) is 10.4. The molecule has 24 heavy (non-hydrogen) atoms. The van der Waals surface area contributed by atoms with E-state index in [1.165, 1.54) is 5.56 Å². The summed E-state index contributed by atoms with van der Waals surface area (Å²) < 4.78 is 0. The van der Waals surface area contributed by atoms with Crippen LogP contribution in [0.2, 0.25) is 0 Å². The lowest BCUT2D eigenvalue weighted by molar-refractivity contribution is 0.409.